The van der Waals surface area contributed by atoms with Crippen molar-refractivity contribution in [3.63, 3.8) is 0 Å². The van der Waals surface area contributed by atoms with Crippen molar-refractivity contribution in [1.29, 1.82) is 0 Å². The van der Waals surface area contributed by atoms with Crippen LogP contribution in [-0.2, 0) is 0 Å². The molecule has 0 saturated carbocycles. The number of nitrogens with one attached hydrogen (secondary N) is 1. The maximum atomic E-state index is 6.16. The monoisotopic (exact) mass is 308 g/mol. The van der Waals surface area contributed by atoms with Crippen LogP contribution < -0.4 is 5.32 Å². The molecule has 1 aliphatic rings. The molecule has 0 aromatic carbocycles. The molecule has 114 valence electrons. The van der Waals surface area contributed by atoms with Crippen LogP contribution in [0.15, 0.2) is 6.33 Å². The minimum absolute atomic E-state index is 0.479. The molecule has 1 fully saturated rings. The van der Waals surface area contributed by atoms with E-state index in [1.807, 2.05) is 6.92 Å². The molecule has 0 amide bonds. The SMILES string of the molecule is Cc1c(Cl)nc2ncnn2c1NCCN1CCCCCC1. The highest BCUT2D eigenvalue weighted by Crippen LogP contribution is 2.21. The van der Waals surface area contributed by atoms with Gasteiger partial charge in [0.05, 0.1) is 0 Å². The lowest BCUT2D eigenvalue weighted by molar-refractivity contribution is 0.296. The van der Waals surface area contributed by atoms with Crippen LogP contribution in [0.2, 0.25) is 5.15 Å². The molecule has 2 aromatic rings. The molecular formula is C14H21ClN6. The first-order valence-corrected chi connectivity index (χ1v) is 7.95. The second kappa shape index (κ2) is 6.58. The number of nitrogens with zero attached hydrogens (tertiary/aromatic N) is 5. The van der Waals surface area contributed by atoms with Gasteiger partial charge in [0.1, 0.15) is 17.3 Å². The molecule has 6 nitrogen and oxygen atoms in total. The first kappa shape index (κ1) is 14.5. The summed E-state index contributed by atoms with van der Waals surface area (Å²) >= 11 is 6.16. The fourth-order valence-electron chi connectivity index (χ4n) is 2.80. The average Bonchev–Trinajstić information content (AvgIpc) is 2.78. The summed E-state index contributed by atoms with van der Waals surface area (Å²) in [6.07, 6.45) is 6.85. The van der Waals surface area contributed by atoms with Crippen molar-refractivity contribution in [3.05, 3.63) is 17.0 Å². The van der Waals surface area contributed by atoms with E-state index < -0.39 is 0 Å². The largest absolute Gasteiger partial charge is 0.368 e. The van der Waals surface area contributed by atoms with E-state index in [9.17, 15) is 0 Å². The van der Waals surface area contributed by atoms with Crippen LogP contribution in [0.1, 0.15) is 31.2 Å². The third kappa shape index (κ3) is 3.27. The molecule has 1 aliphatic heterocycles. The smallest absolute Gasteiger partial charge is 0.255 e. The average molecular weight is 309 g/mol. The van der Waals surface area contributed by atoms with Gasteiger partial charge in [0.2, 0.25) is 0 Å². The Kier molecular flexibility index (Phi) is 4.55. The molecule has 21 heavy (non-hydrogen) atoms. The summed E-state index contributed by atoms with van der Waals surface area (Å²) in [6.45, 7) is 6.27. The normalized spacial score (nSPS) is 17.0. The summed E-state index contributed by atoms with van der Waals surface area (Å²) in [6, 6.07) is 0. The molecule has 3 heterocycles. The maximum absolute atomic E-state index is 6.16. The van der Waals surface area contributed by atoms with Gasteiger partial charge in [0.25, 0.3) is 5.78 Å². The minimum Gasteiger partial charge on any atom is -0.368 e. The van der Waals surface area contributed by atoms with E-state index in [-0.39, 0.29) is 0 Å². The Bertz CT molecular complexity index is 603. The van der Waals surface area contributed by atoms with Crippen LogP contribution in [0.25, 0.3) is 5.78 Å². The Morgan fingerprint density at radius 3 is 2.76 bits per heavy atom. The zero-order valence-electron chi connectivity index (χ0n) is 12.3. The number of likely N-dealkylation sites (tertiary alicyclic amines) is 1. The van der Waals surface area contributed by atoms with Gasteiger partial charge >= 0.3 is 0 Å². The van der Waals surface area contributed by atoms with Crippen molar-refractivity contribution in [3.8, 4) is 0 Å². The van der Waals surface area contributed by atoms with Gasteiger partial charge in [0, 0.05) is 18.7 Å². The predicted molar refractivity (Wildman–Crippen MR) is 83.9 cm³/mol. The fraction of sp³-hybridized carbons (Fsp3) is 0.643. The van der Waals surface area contributed by atoms with Crippen LogP contribution in [0.3, 0.4) is 0 Å². The van der Waals surface area contributed by atoms with Gasteiger partial charge in [-0.3, -0.25) is 0 Å². The molecule has 2 aromatic heterocycles. The molecule has 3 rings (SSSR count). The first-order valence-electron chi connectivity index (χ1n) is 7.58. The van der Waals surface area contributed by atoms with Crippen LogP contribution in [0, 0.1) is 6.92 Å². The van der Waals surface area contributed by atoms with Gasteiger partial charge in [-0.2, -0.15) is 19.6 Å². The third-order valence-electron chi connectivity index (χ3n) is 4.02. The van der Waals surface area contributed by atoms with Crippen molar-refractivity contribution in [2.45, 2.75) is 32.6 Å². The Morgan fingerprint density at radius 2 is 2.00 bits per heavy atom. The summed E-state index contributed by atoms with van der Waals surface area (Å²) in [5.74, 6) is 1.42. The van der Waals surface area contributed by atoms with Gasteiger partial charge in [-0.15, -0.1) is 0 Å². The summed E-state index contributed by atoms with van der Waals surface area (Å²) in [5, 5.41) is 8.13. The lowest BCUT2D eigenvalue weighted by atomic mass is 10.2. The van der Waals surface area contributed by atoms with Gasteiger partial charge in [-0.05, 0) is 32.9 Å². The van der Waals surface area contributed by atoms with Crippen LogP contribution in [0.4, 0.5) is 5.82 Å². The molecule has 0 aliphatic carbocycles. The van der Waals surface area contributed by atoms with E-state index in [1.165, 1.54) is 45.1 Å². The number of aromatic nitrogens is 4. The van der Waals surface area contributed by atoms with Gasteiger partial charge in [-0.1, -0.05) is 24.4 Å². The van der Waals surface area contributed by atoms with E-state index in [4.69, 9.17) is 11.6 Å². The topological polar surface area (TPSA) is 58.4 Å². The quantitative estimate of drug-likeness (QED) is 0.879. The van der Waals surface area contributed by atoms with Crippen molar-refractivity contribution < 1.29 is 0 Å². The predicted octanol–water partition coefficient (Wildman–Crippen LogP) is 2.37. The number of hydrogen-bond acceptors (Lipinski definition) is 5. The molecule has 0 spiro atoms. The molecular weight excluding hydrogens is 288 g/mol. The second-order valence-electron chi connectivity index (χ2n) is 5.53. The van der Waals surface area contributed by atoms with Gasteiger partial charge < -0.3 is 10.2 Å². The Balaban J connectivity index is 1.67. The lowest BCUT2D eigenvalue weighted by Crippen LogP contribution is -2.30. The van der Waals surface area contributed by atoms with E-state index in [1.54, 1.807) is 4.52 Å². The molecule has 1 N–H and O–H groups in total. The number of halogens is 1. The Morgan fingerprint density at radius 1 is 1.24 bits per heavy atom. The zero-order chi connectivity index (χ0) is 14.7. The molecule has 0 bridgehead atoms. The molecule has 1 saturated heterocycles. The Labute approximate surface area is 129 Å². The molecule has 0 radical (unpaired) electrons. The number of hydrogen-bond donors (Lipinski definition) is 1. The van der Waals surface area contributed by atoms with E-state index in [0.717, 1.165) is 24.5 Å². The second-order valence-corrected chi connectivity index (χ2v) is 5.89. The standard InChI is InChI=1S/C14H21ClN6/c1-11-12(15)19-14-17-10-18-21(14)13(11)16-6-9-20-7-4-2-3-5-8-20/h10,16H,2-9H2,1H3. The summed E-state index contributed by atoms with van der Waals surface area (Å²) < 4.78 is 1.71. The number of rotatable bonds is 4. The van der Waals surface area contributed by atoms with Crippen LogP contribution >= 0.6 is 11.6 Å². The highest BCUT2D eigenvalue weighted by atomic mass is 35.5. The van der Waals surface area contributed by atoms with E-state index in [0.29, 0.717) is 10.9 Å². The number of anilines is 1. The maximum Gasteiger partial charge on any atom is 0.255 e. The van der Waals surface area contributed by atoms with Crippen molar-refractivity contribution in [1.82, 2.24) is 24.5 Å². The summed E-state index contributed by atoms with van der Waals surface area (Å²) in [4.78, 5) is 10.8. The third-order valence-corrected chi connectivity index (χ3v) is 4.39. The fourth-order valence-corrected chi connectivity index (χ4v) is 2.96. The van der Waals surface area contributed by atoms with Gasteiger partial charge in [-0.25, -0.2) is 0 Å². The highest BCUT2D eigenvalue weighted by molar-refractivity contribution is 6.30. The first-order chi connectivity index (χ1) is 10.3. The van der Waals surface area contributed by atoms with Crippen molar-refractivity contribution in [2.75, 3.05) is 31.5 Å². The molecule has 0 unspecified atom stereocenters. The zero-order valence-corrected chi connectivity index (χ0v) is 13.1. The lowest BCUT2D eigenvalue weighted by Gasteiger charge is -2.20. The highest BCUT2D eigenvalue weighted by Gasteiger charge is 2.13. The summed E-state index contributed by atoms with van der Waals surface area (Å²) in [5.41, 5.74) is 0.908. The van der Waals surface area contributed by atoms with Crippen LogP contribution in [0.5, 0.6) is 0 Å². The van der Waals surface area contributed by atoms with Gasteiger partial charge in [0.15, 0.2) is 0 Å². The van der Waals surface area contributed by atoms with Crippen LogP contribution in [-0.4, -0.2) is 50.7 Å². The van der Waals surface area contributed by atoms with E-state index in [2.05, 4.69) is 25.3 Å². The molecule has 7 heteroatoms. The molecule has 0 atom stereocenters. The van der Waals surface area contributed by atoms with E-state index >= 15 is 0 Å². The van der Waals surface area contributed by atoms with Crippen molar-refractivity contribution in [2.24, 2.45) is 0 Å². The van der Waals surface area contributed by atoms with Crippen molar-refractivity contribution >= 4 is 23.2 Å². The summed E-state index contributed by atoms with van der Waals surface area (Å²) in [7, 11) is 0. The minimum atomic E-state index is 0.479. The Hall–Kier alpha value is -1.40. The number of fused-ring (bicyclic) bond motifs is 1.